The van der Waals surface area contributed by atoms with Crippen LogP contribution in [0, 0.1) is 0 Å². The van der Waals surface area contributed by atoms with Gasteiger partial charge in [-0.05, 0) is 13.1 Å². The van der Waals surface area contributed by atoms with Crippen molar-refractivity contribution in [1.29, 1.82) is 0 Å². The Labute approximate surface area is 70.1 Å². The van der Waals surface area contributed by atoms with Gasteiger partial charge in [0, 0.05) is 19.6 Å². The van der Waals surface area contributed by atoms with Gasteiger partial charge in [0.15, 0.2) is 0 Å². The average molecular weight is 159 g/mol. The van der Waals surface area contributed by atoms with Crippen molar-refractivity contribution < 1.29 is 0 Å². The average Bonchev–Trinajstić information content (AvgIpc) is 2.05. The van der Waals surface area contributed by atoms with Gasteiger partial charge < -0.3 is 4.90 Å². The largest absolute Gasteiger partial charge is 0.303 e. The molecule has 0 aliphatic carbocycles. The van der Waals surface area contributed by atoms with Crippen LogP contribution in [0.5, 0.6) is 0 Å². The molecular weight excluding hydrogens is 138 g/mol. The summed E-state index contributed by atoms with van der Waals surface area (Å²) in [5.74, 6) is 0. The van der Waals surface area contributed by atoms with E-state index in [9.17, 15) is 0 Å². The summed E-state index contributed by atoms with van der Waals surface area (Å²) in [5.41, 5.74) is 6.22. The van der Waals surface area contributed by atoms with E-state index in [0.29, 0.717) is 0 Å². The van der Waals surface area contributed by atoms with Crippen LogP contribution in [0.25, 0.3) is 0 Å². The van der Waals surface area contributed by atoms with E-state index < -0.39 is 0 Å². The molecule has 0 rings (SSSR count). The van der Waals surface area contributed by atoms with Crippen LogP contribution >= 0.6 is 0 Å². The van der Waals surface area contributed by atoms with Crippen LogP contribution in [0.1, 0.15) is 20.8 Å². The lowest BCUT2D eigenvalue weighted by Gasteiger charge is -2.17. The smallest absolute Gasteiger partial charge is 0.0228 e. The zero-order chi connectivity index (χ0) is 8.53. The predicted octanol–water partition coefficient (Wildman–Crippen LogP) is 0.442. The van der Waals surface area contributed by atoms with Crippen molar-refractivity contribution in [2.24, 2.45) is 0 Å². The fraction of sp³-hybridized carbons (Fsp3) is 1.00. The second kappa shape index (κ2) is 7.98. The summed E-state index contributed by atoms with van der Waals surface area (Å²) in [6.45, 7) is 11.9. The third-order valence-electron chi connectivity index (χ3n) is 1.75. The Balaban J connectivity index is 3.07. The van der Waals surface area contributed by atoms with Gasteiger partial charge in [-0.25, -0.2) is 0 Å². The molecule has 0 aromatic heterocycles. The van der Waals surface area contributed by atoms with E-state index in [0.717, 1.165) is 32.7 Å². The van der Waals surface area contributed by atoms with Crippen LogP contribution in [-0.2, 0) is 0 Å². The molecule has 0 bridgehead atoms. The zero-order valence-electron chi connectivity index (χ0n) is 7.98. The van der Waals surface area contributed by atoms with Gasteiger partial charge >= 0.3 is 0 Å². The first-order chi connectivity index (χ1) is 5.35. The SMILES string of the molecule is CCNNCCN(CC)CC. The summed E-state index contributed by atoms with van der Waals surface area (Å²) < 4.78 is 0. The number of likely N-dealkylation sites (N-methyl/N-ethyl adjacent to an activating group) is 1. The lowest BCUT2D eigenvalue weighted by molar-refractivity contribution is 0.296. The molecule has 2 N–H and O–H groups in total. The van der Waals surface area contributed by atoms with E-state index in [1.54, 1.807) is 0 Å². The number of hydrogen-bond acceptors (Lipinski definition) is 3. The molecule has 0 aromatic carbocycles. The summed E-state index contributed by atoms with van der Waals surface area (Å²) in [5, 5.41) is 0. The summed E-state index contributed by atoms with van der Waals surface area (Å²) in [6.07, 6.45) is 0. The van der Waals surface area contributed by atoms with E-state index in [2.05, 4.69) is 36.5 Å². The highest BCUT2D eigenvalue weighted by Gasteiger charge is 1.95. The Hall–Kier alpha value is -0.120. The van der Waals surface area contributed by atoms with E-state index in [4.69, 9.17) is 0 Å². The fourth-order valence-corrected chi connectivity index (χ4v) is 0.967. The number of rotatable bonds is 7. The first kappa shape index (κ1) is 10.9. The lowest BCUT2D eigenvalue weighted by Crippen LogP contribution is -2.38. The quantitative estimate of drug-likeness (QED) is 0.417. The van der Waals surface area contributed by atoms with E-state index in [1.807, 2.05) is 0 Å². The molecule has 0 amide bonds. The number of nitrogens with one attached hydrogen (secondary N) is 2. The molecule has 0 saturated heterocycles. The van der Waals surface area contributed by atoms with Crippen molar-refractivity contribution in [1.82, 2.24) is 15.8 Å². The van der Waals surface area contributed by atoms with Crippen LogP contribution in [0.2, 0.25) is 0 Å². The van der Waals surface area contributed by atoms with Crippen LogP contribution in [-0.4, -0.2) is 37.6 Å². The van der Waals surface area contributed by atoms with Crippen LogP contribution < -0.4 is 10.9 Å². The first-order valence-electron chi connectivity index (χ1n) is 4.53. The molecule has 0 aromatic rings. The monoisotopic (exact) mass is 159 g/mol. The number of hydrogen-bond donors (Lipinski definition) is 2. The molecule has 0 aliphatic heterocycles. The highest BCUT2D eigenvalue weighted by Crippen LogP contribution is 1.82. The summed E-state index contributed by atoms with van der Waals surface area (Å²) in [7, 11) is 0. The second-order valence-corrected chi connectivity index (χ2v) is 2.48. The molecule has 0 unspecified atom stereocenters. The van der Waals surface area contributed by atoms with Gasteiger partial charge in [-0.2, -0.15) is 0 Å². The van der Waals surface area contributed by atoms with E-state index in [1.165, 1.54) is 0 Å². The Morgan fingerprint density at radius 2 is 1.64 bits per heavy atom. The Morgan fingerprint density at radius 1 is 1.00 bits per heavy atom. The maximum absolute atomic E-state index is 3.14. The fourth-order valence-electron chi connectivity index (χ4n) is 0.967. The molecule has 0 aliphatic rings. The summed E-state index contributed by atoms with van der Waals surface area (Å²) in [4.78, 5) is 2.39. The molecule has 3 nitrogen and oxygen atoms in total. The second-order valence-electron chi connectivity index (χ2n) is 2.48. The molecule has 0 fully saturated rings. The van der Waals surface area contributed by atoms with Gasteiger partial charge in [-0.15, -0.1) is 0 Å². The molecule has 11 heavy (non-hydrogen) atoms. The normalized spacial score (nSPS) is 10.9. The predicted molar refractivity (Wildman–Crippen MR) is 49.5 cm³/mol. The molecule has 0 spiro atoms. The van der Waals surface area contributed by atoms with Gasteiger partial charge in [-0.3, -0.25) is 10.9 Å². The molecule has 68 valence electrons. The molecule has 0 saturated carbocycles. The number of hydrazine groups is 1. The maximum Gasteiger partial charge on any atom is 0.0228 e. The Morgan fingerprint density at radius 3 is 2.09 bits per heavy atom. The molecular formula is C8H21N3. The van der Waals surface area contributed by atoms with Crippen LogP contribution in [0.15, 0.2) is 0 Å². The molecule has 0 atom stereocenters. The Bertz CT molecular complexity index is 71.7. The van der Waals surface area contributed by atoms with Gasteiger partial charge in [0.25, 0.3) is 0 Å². The van der Waals surface area contributed by atoms with Crippen molar-refractivity contribution in [3.8, 4) is 0 Å². The minimum Gasteiger partial charge on any atom is -0.303 e. The third kappa shape index (κ3) is 6.28. The van der Waals surface area contributed by atoms with Gasteiger partial charge in [0.1, 0.15) is 0 Å². The van der Waals surface area contributed by atoms with Gasteiger partial charge in [0.05, 0.1) is 0 Å². The van der Waals surface area contributed by atoms with Crippen LogP contribution in [0.4, 0.5) is 0 Å². The standard InChI is InChI=1S/C8H21N3/c1-4-9-10-7-8-11(5-2)6-3/h9-10H,4-8H2,1-3H3. The maximum atomic E-state index is 3.14. The van der Waals surface area contributed by atoms with E-state index >= 15 is 0 Å². The van der Waals surface area contributed by atoms with Crippen LogP contribution in [0.3, 0.4) is 0 Å². The minimum absolute atomic E-state index is 0.984. The Kier molecular flexibility index (Phi) is 7.89. The molecule has 0 heterocycles. The molecule has 0 radical (unpaired) electrons. The number of nitrogens with zero attached hydrogens (tertiary/aromatic N) is 1. The van der Waals surface area contributed by atoms with Crippen molar-refractivity contribution in [3.63, 3.8) is 0 Å². The van der Waals surface area contributed by atoms with E-state index in [-0.39, 0.29) is 0 Å². The van der Waals surface area contributed by atoms with Crippen molar-refractivity contribution in [2.45, 2.75) is 20.8 Å². The lowest BCUT2D eigenvalue weighted by atomic mass is 10.5. The topological polar surface area (TPSA) is 27.3 Å². The first-order valence-corrected chi connectivity index (χ1v) is 4.53. The zero-order valence-corrected chi connectivity index (χ0v) is 7.98. The highest BCUT2D eigenvalue weighted by atomic mass is 15.4. The third-order valence-corrected chi connectivity index (χ3v) is 1.75. The van der Waals surface area contributed by atoms with Crippen molar-refractivity contribution >= 4 is 0 Å². The molecule has 3 heteroatoms. The van der Waals surface area contributed by atoms with Gasteiger partial charge in [-0.1, -0.05) is 20.8 Å². The minimum atomic E-state index is 0.984. The summed E-state index contributed by atoms with van der Waals surface area (Å²) >= 11 is 0. The van der Waals surface area contributed by atoms with Crippen molar-refractivity contribution in [2.75, 3.05) is 32.7 Å². The highest BCUT2D eigenvalue weighted by molar-refractivity contribution is 4.52. The summed E-state index contributed by atoms with van der Waals surface area (Å²) in [6, 6.07) is 0. The van der Waals surface area contributed by atoms with Crippen molar-refractivity contribution in [3.05, 3.63) is 0 Å². The van der Waals surface area contributed by atoms with Gasteiger partial charge in [0.2, 0.25) is 0 Å².